The number of ether oxygens (including phenoxy) is 1. The van der Waals surface area contributed by atoms with Gasteiger partial charge in [0.1, 0.15) is 13.2 Å². The Labute approximate surface area is 105 Å². The van der Waals surface area contributed by atoms with Crippen molar-refractivity contribution in [1.29, 1.82) is 0 Å². The number of carbonyl (C=O) groups excluding carboxylic acids is 1. The molecule has 5 nitrogen and oxygen atoms in total. The quantitative estimate of drug-likeness (QED) is 0.183. The highest BCUT2D eigenvalue weighted by molar-refractivity contribution is 7.17. The maximum Gasteiger partial charge on any atom is 0.337 e. The Morgan fingerprint density at radius 3 is 2.18 bits per heavy atom. The van der Waals surface area contributed by atoms with E-state index in [1.54, 1.807) is 6.92 Å². The first-order valence-electron chi connectivity index (χ1n) is 5.07. The topological polar surface area (TPSA) is 52.6 Å². The van der Waals surface area contributed by atoms with Gasteiger partial charge in [0.25, 0.3) is 0 Å². The molecule has 0 aliphatic heterocycles. The molecule has 1 unspecified atom stereocenters. The van der Waals surface area contributed by atoms with Gasteiger partial charge in [0.05, 0.1) is 27.4 Å². The first kappa shape index (κ1) is 18.5. The van der Waals surface area contributed by atoms with Gasteiger partial charge in [-0.05, 0) is 6.92 Å². The van der Waals surface area contributed by atoms with E-state index in [9.17, 15) is 9.36 Å². The van der Waals surface area contributed by atoms with Gasteiger partial charge < -0.3 is 13.7 Å². The molecule has 0 spiro atoms. The maximum atomic E-state index is 10.3. The predicted octanol–water partition coefficient (Wildman–Crippen LogP) is 1.63. The summed E-state index contributed by atoms with van der Waals surface area (Å²) in [7, 11) is 5.20. The SMILES string of the molecule is C=COC(=O)C(=C)C.C[N+](C)(C)CCO[PH2]=O. The average Bonchev–Trinajstić information content (AvgIpc) is 2.17. The summed E-state index contributed by atoms with van der Waals surface area (Å²) in [6, 6.07) is 0. The first-order chi connectivity index (χ1) is 7.74. The summed E-state index contributed by atoms with van der Waals surface area (Å²) in [5.41, 5.74) is 0.380. The van der Waals surface area contributed by atoms with E-state index in [2.05, 4.69) is 39.0 Å². The highest BCUT2D eigenvalue weighted by Gasteiger charge is 2.04. The molecule has 0 N–H and O–H groups in total. The van der Waals surface area contributed by atoms with Gasteiger partial charge in [-0.1, -0.05) is 13.2 Å². The number of carbonyl (C=O) groups is 1. The Balaban J connectivity index is 0. The third-order valence-electron chi connectivity index (χ3n) is 1.49. The van der Waals surface area contributed by atoms with Crippen LogP contribution in [0.2, 0.25) is 0 Å². The minimum Gasteiger partial charge on any atom is -0.432 e. The van der Waals surface area contributed by atoms with Crippen LogP contribution in [0.5, 0.6) is 0 Å². The van der Waals surface area contributed by atoms with Crippen molar-refractivity contribution in [3.8, 4) is 0 Å². The molecule has 0 aliphatic rings. The van der Waals surface area contributed by atoms with Crippen LogP contribution >= 0.6 is 8.69 Å². The molecule has 6 heteroatoms. The number of likely N-dealkylation sites (N-methyl/N-ethyl adjacent to an activating group) is 1. The highest BCUT2D eigenvalue weighted by atomic mass is 31.1. The van der Waals surface area contributed by atoms with E-state index in [4.69, 9.17) is 4.52 Å². The van der Waals surface area contributed by atoms with E-state index >= 15 is 0 Å². The molecule has 1 atom stereocenters. The first-order valence-corrected chi connectivity index (χ1v) is 6.02. The summed E-state index contributed by atoms with van der Waals surface area (Å²) in [5.74, 6) is -0.431. The molecule has 0 aromatic carbocycles. The molecule has 0 radical (unpaired) electrons. The Hall–Kier alpha value is -0.900. The van der Waals surface area contributed by atoms with Gasteiger partial charge >= 0.3 is 5.97 Å². The van der Waals surface area contributed by atoms with E-state index in [0.29, 0.717) is 12.2 Å². The van der Waals surface area contributed by atoms with Crippen molar-refractivity contribution in [3.05, 3.63) is 25.0 Å². The number of hydrogen-bond donors (Lipinski definition) is 0. The third kappa shape index (κ3) is 17.7. The standard InChI is InChI=1S/C6H8O2.C5H15NO2P/c1-4-8-6(7)5(2)3;1-6(2,3)4-5-8-9-7/h4H,1-2H2,3H3;4-5,9H2,1-3H3/q;+1. The number of nitrogens with zero attached hydrogens (tertiary/aromatic N) is 1. The van der Waals surface area contributed by atoms with Crippen LogP contribution in [0.4, 0.5) is 0 Å². The fraction of sp³-hybridized carbons (Fsp3) is 0.545. The molecule has 0 aromatic heterocycles. The van der Waals surface area contributed by atoms with Crippen LogP contribution in [0.3, 0.4) is 0 Å². The monoisotopic (exact) mass is 264 g/mol. The lowest BCUT2D eigenvalue weighted by Crippen LogP contribution is -2.37. The zero-order valence-electron chi connectivity index (χ0n) is 11.1. The normalized spacial score (nSPS) is 10.6. The Morgan fingerprint density at radius 2 is 1.94 bits per heavy atom. The predicted molar refractivity (Wildman–Crippen MR) is 70.4 cm³/mol. The molecule has 0 aliphatic carbocycles. The Kier molecular flexibility index (Phi) is 11.2. The summed E-state index contributed by atoms with van der Waals surface area (Å²) >= 11 is 0. The van der Waals surface area contributed by atoms with Crippen molar-refractivity contribution in [2.24, 2.45) is 0 Å². The number of esters is 1. The second kappa shape index (κ2) is 10.3. The molecule has 0 fully saturated rings. The van der Waals surface area contributed by atoms with Crippen LogP contribution in [0, 0.1) is 0 Å². The minimum absolute atomic E-state index is 0.380. The summed E-state index contributed by atoms with van der Waals surface area (Å²) < 4.78 is 19.8. The third-order valence-corrected chi connectivity index (χ3v) is 1.86. The molecule has 0 saturated carbocycles. The molecule has 0 heterocycles. The lowest BCUT2D eigenvalue weighted by atomic mass is 10.4. The molecule has 0 aromatic rings. The van der Waals surface area contributed by atoms with Crippen LogP contribution in [0.15, 0.2) is 25.0 Å². The van der Waals surface area contributed by atoms with Crippen LogP contribution in [0.1, 0.15) is 6.92 Å². The smallest absolute Gasteiger partial charge is 0.337 e. The van der Waals surface area contributed by atoms with Crippen LogP contribution in [-0.4, -0.2) is 44.7 Å². The van der Waals surface area contributed by atoms with Gasteiger partial charge in [0.2, 0.25) is 0 Å². The van der Waals surface area contributed by atoms with E-state index in [1.807, 2.05) is 0 Å². The van der Waals surface area contributed by atoms with Gasteiger partial charge in [0, 0.05) is 5.57 Å². The molecule has 0 bridgehead atoms. The van der Waals surface area contributed by atoms with Gasteiger partial charge in [0.15, 0.2) is 8.69 Å². The van der Waals surface area contributed by atoms with Gasteiger partial charge in [-0.2, -0.15) is 0 Å². The summed E-state index contributed by atoms with van der Waals surface area (Å²) in [6.45, 7) is 9.64. The molecule has 0 saturated heterocycles. The highest BCUT2D eigenvalue weighted by Crippen LogP contribution is 1.96. The van der Waals surface area contributed by atoms with E-state index in [-0.39, 0.29) is 0 Å². The second-order valence-corrected chi connectivity index (χ2v) is 4.86. The van der Waals surface area contributed by atoms with Gasteiger partial charge in [-0.3, -0.25) is 4.57 Å². The molecule has 0 rings (SSSR count). The Bertz CT molecular complexity index is 271. The van der Waals surface area contributed by atoms with Crippen molar-refractivity contribution < 1.29 is 23.1 Å². The van der Waals surface area contributed by atoms with Crippen molar-refractivity contribution in [1.82, 2.24) is 0 Å². The van der Waals surface area contributed by atoms with Crippen LogP contribution in [0.25, 0.3) is 0 Å². The number of rotatable bonds is 6. The largest absolute Gasteiger partial charge is 0.432 e. The molecular formula is C11H23NO4P+. The zero-order valence-corrected chi connectivity index (χ0v) is 12.2. The fourth-order valence-corrected chi connectivity index (χ4v) is 0.753. The van der Waals surface area contributed by atoms with Crippen molar-refractivity contribution in [2.45, 2.75) is 6.92 Å². The number of hydrogen-bond acceptors (Lipinski definition) is 4. The van der Waals surface area contributed by atoms with Crippen molar-refractivity contribution in [3.63, 3.8) is 0 Å². The van der Waals surface area contributed by atoms with Gasteiger partial charge in [-0.15, -0.1) is 0 Å². The second-order valence-electron chi connectivity index (χ2n) is 4.33. The molecule has 100 valence electrons. The Morgan fingerprint density at radius 1 is 1.41 bits per heavy atom. The van der Waals surface area contributed by atoms with E-state index in [1.165, 1.54) is 0 Å². The van der Waals surface area contributed by atoms with E-state index in [0.717, 1.165) is 17.3 Å². The summed E-state index contributed by atoms with van der Waals surface area (Å²) in [5, 5.41) is 0. The maximum absolute atomic E-state index is 10.3. The molecular weight excluding hydrogens is 241 g/mol. The van der Waals surface area contributed by atoms with Gasteiger partial charge in [-0.25, -0.2) is 4.79 Å². The van der Waals surface area contributed by atoms with E-state index < -0.39 is 14.7 Å². The van der Waals surface area contributed by atoms with Crippen LogP contribution < -0.4 is 0 Å². The minimum atomic E-state index is -1.02. The average molecular weight is 264 g/mol. The lowest BCUT2D eigenvalue weighted by molar-refractivity contribution is -0.870. The summed E-state index contributed by atoms with van der Waals surface area (Å²) in [6.07, 6.45) is 1.08. The number of quaternary nitrogens is 1. The van der Waals surface area contributed by atoms with Crippen molar-refractivity contribution >= 4 is 14.7 Å². The fourth-order valence-electron chi connectivity index (χ4n) is 0.551. The molecule has 17 heavy (non-hydrogen) atoms. The lowest BCUT2D eigenvalue weighted by Gasteiger charge is -2.22. The zero-order chi connectivity index (χ0) is 13.9. The summed E-state index contributed by atoms with van der Waals surface area (Å²) in [4.78, 5) is 10.3. The van der Waals surface area contributed by atoms with Crippen molar-refractivity contribution in [2.75, 3.05) is 34.3 Å². The molecule has 0 amide bonds. The van der Waals surface area contributed by atoms with Crippen LogP contribution in [-0.2, 0) is 18.6 Å².